The molecule has 1 N–H and O–H groups in total. The van der Waals surface area contributed by atoms with Gasteiger partial charge in [0.1, 0.15) is 11.9 Å². The van der Waals surface area contributed by atoms with E-state index in [9.17, 15) is 22.4 Å². The van der Waals surface area contributed by atoms with Gasteiger partial charge in [0.15, 0.2) is 16.5 Å². The minimum absolute atomic E-state index is 0.0113. The van der Waals surface area contributed by atoms with Gasteiger partial charge in [-0.1, -0.05) is 17.7 Å². The van der Waals surface area contributed by atoms with Crippen LogP contribution in [-0.2, 0) is 20.4 Å². The second-order valence-electron chi connectivity index (χ2n) is 7.48. The van der Waals surface area contributed by atoms with E-state index in [1.165, 1.54) is 19.2 Å². The lowest BCUT2D eigenvalue weighted by Crippen LogP contribution is -2.43. The number of nitrogens with zero attached hydrogens (tertiary/aromatic N) is 3. The third-order valence-corrected chi connectivity index (χ3v) is 6.45. The lowest BCUT2D eigenvalue weighted by Gasteiger charge is -2.32. The largest absolute Gasteiger partial charge is 0.466 e. The molecular formula is C21H19ClF4N4O3S. The number of hydrogen-bond donors (Lipinski definition) is 1. The maximum Gasteiger partial charge on any atom is 0.434 e. The Kier molecular flexibility index (Phi) is 7.22. The fourth-order valence-corrected chi connectivity index (χ4v) is 4.67. The highest BCUT2D eigenvalue weighted by molar-refractivity contribution is 7.11. The number of rotatable bonds is 5. The zero-order valence-electron chi connectivity index (χ0n) is 17.8. The molecule has 0 saturated carbocycles. The number of aromatic nitrogens is 1. The van der Waals surface area contributed by atoms with E-state index in [0.29, 0.717) is 37.6 Å². The van der Waals surface area contributed by atoms with Crippen molar-refractivity contribution in [2.45, 2.75) is 12.2 Å². The second kappa shape index (κ2) is 9.98. The Morgan fingerprint density at radius 2 is 2.09 bits per heavy atom. The number of aliphatic imine (C=N–C) groups is 1. The Balaban J connectivity index is 1.82. The highest BCUT2D eigenvalue weighted by Gasteiger charge is 2.37. The maximum atomic E-state index is 13.7. The SMILES string of the molecule is COC(=O)C1=C(CN2CCOCC2)NC(c2nc(C(F)(F)F)cs2)=N[C@H]1c1ccc(F)cc1Cl. The molecule has 0 bridgehead atoms. The summed E-state index contributed by atoms with van der Waals surface area (Å²) in [6.45, 7) is 2.42. The zero-order valence-corrected chi connectivity index (χ0v) is 19.4. The number of benzene rings is 1. The van der Waals surface area contributed by atoms with Crippen LogP contribution in [0.1, 0.15) is 22.3 Å². The molecule has 7 nitrogen and oxygen atoms in total. The van der Waals surface area contributed by atoms with Crippen molar-refractivity contribution < 1.29 is 31.8 Å². The molecule has 1 saturated heterocycles. The second-order valence-corrected chi connectivity index (χ2v) is 8.74. The van der Waals surface area contributed by atoms with Gasteiger partial charge in [-0.2, -0.15) is 13.2 Å². The molecule has 2 aliphatic rings. The summed E-state index contributed by atoms with van der Waals surface area (Å²) < 4.78 is 63.5. The van der Waals surface area contributed by atoms with Gasteiger partial charge in [0, 0.05) is 41.3 Å². The van der Waals surface area contributed by atoms with Crippen LogP contribution in [0, 0.1) is 5.82 Å². The Morgan fingerprint density at radius 3 is 2.71 bits per heavy atom. The summed E-state index contributed by atoms with van der Waals surface area (Å²) in [6.07, 6.45) is -4.62. The summed E-state index contributed by atoms with van der Waals surface area (Å²) in [4.78, 5) is 23.0. The van der Waals surface area contributed by atoms with E-state index in [2.05, 4.69) is 15.3 Å². The fraction of sp³-hybridized carbons (Fsp3) is 0.381. The van der Waals surface area contributed by atoms with Crippen molar-refractivity contribution in [2.75, 3.05) is 40.0 Å². The van der Waals surface area contributed by atoms with Crippen LogP contribution >= 0.6 is 22.9 Å². The van der Waals surface area contributed by atoms with Gasteiger partial charge in [-0.3, -0.25) is 9.89 Å². The third-order valence-electron chi connectivity index (χ3n) is 5.27. The van der Waals surface area contributed by atoms with Gasteiger partial charge in [-0.05, 0) is 12.1 Å². The monoisotopic (exact) mass is 518 g/mol. The number of alkyl halides is 3. The lowest BCUT2D eigenvalue weighted by molar-refractivity contribution is -0.140. The first-order chi connectivity index (χ1) is 16.2. The van der Waals surface area contributed by atoms with E-state index in [4.69, 9.17) is 21.1 Å². The number of amidine groups is 1. The molecule has 1 aromatic heterocycles. The van der Waals surface area contributed by atoms with Crippen LogP contribution in [0.4, 0.5) is 17.6 Å². The predicted octanol–water partition coefficient (Wildman–Crippen LogP) is 3.80. The van der Waals surface area contributed by atoms with Crippen LogP contribution in [-0.4, -0.2) is 61.6 Å². The molecule has 1 aromatic carbocycles. The van der Waals surface area contributed by atoms with Crippen molar-refractivity contribution in [2.24, 2.45) is 4.99 Å². The van der Waals surface area contributed by atoms with Gasteiger partial charge in [0.25, 0.3) is 0 Å². The van der Waals surface area contributed by atoms with Crippen molar-refractivity contribution in [3.8, 4) is 0 Å². The number of nitrogens with one attached hydrogen (secondary N) is 1. The topological polar surface area (TPSA) is 76.0 Å². The van der Waals surface area contributed by atoms with Crippen LogP contribution < -0.4 is 5.32 Å². The third kappa shape index (κ3) is 5.24. The molecule has 0 radical (unpaired) electrons. The lowest BCUT2D eigenvalue weighted by atomic mass is 9.95. The van der Waals surface area contributed by atoms with Gasteiger partial charge in [0.2, 0.25) is 0 Å². The Bertz CT molecular complexity index is 1150. The molecule has 0 spiro atoms. The first-order valence-corrected chi connectivity index (χ1v) is 11.4. The Morgan fingerprint density at radius 1 is 1.35 bits per heavy atom. The van der Waals surface area contributed by atoms with E-state index < -0.39 is 29.7 Å². The standard InChI is InChI=1S/C21H19ClF4N4O3S/c1-32-20(31)16-14(9-30-4-6-33-7-5-30)27-18(19-28-15(10-34-19)21(24,25)26)29-17(16)12-3-2-11(23)8-13(12)22/h2-3,8,10,17H,4-7,9H2,1H3,(H,27,29)/t17-/m0/s1. The van der Waals surface area contributed by atoms with Crippen LogP contribution in [0.3, 0.4) is 0 Å². The summed E-state index contributed by atoms with van der Waals surface area (Å²) in [5, 5.41) is 3.87. The minimum atomic E-state index is -4.62. The van der Waals surface area contributed by atoms with Crippen LogP contribution in [0.2, 0.25) is 5.02 Å². The van der Waals surface area contributed by atoms with E-state index in [1.807, 2.05) is 4.90 Å². The van der Waals surface area contributed by atoms with E-state index in [0.717, 1.165) is 22.8 Å². The van der Waals surface area contributed by atoms with Gasteiger partial charge >= 0.3 is 12.1 Å². The average Bonchev–Trinajstić information content (AvgIpc) is 3.30. The predicted molar refractivity (Wildman–Crippen MR) is 117 cm³/mol. The van der Waals surface area contributed by atoms with Gasteiger partial charge in [-0.25, -0.2) is 14.2 Å². The van der Waals surface area contributed by atoms with Crippen molar-refractivity contribution >= 4 is 34.7 Å². The summed E-state index contributed by atoms with van der Waals surface area (Å²) in [7, 11) is 1.21. The minimum Gasteiger partial charge on any atom is -0.466 e. The summed E-state index contributed by atoms with van der Waals surface area (Å²) in [5.41, 5.74) is -0.243. The van der Waals surface area contributed by atoms with Crippen molar-refractivity contribution in [1.82, 2.24) is 15.2 Å². The molecular weight excluding hydrogens is 500 g/mol. The van der Waals surface area contributed by atoms with E-state index in [-0.39, 0.29) is 28.0 Å². The maximum absolute atomic E-state index is 13.7. The van der Waals surface area contributed by atoms with Crippen LogP contribution in [0.5, 0.6) is 0 Å². The summed E-state index contributed by atoms with van der Waals surface area (Å²) in [6, 6.07) is 2.58. The molecule has 34 heavy (non-hydrogen) atoms. The van der Waals surface area contributed by atoms with Crippen molar-refractivity contribution in [3.05, 3.63) is 62.0 Å². The number of thiazole rings is 1. The normalized spacial score (nSPS) is 19.6. The average molecular weight is 519 g/mol. The molecule has 2 aromatic rings. The number of methoxy groups -OCH3 is 1. The molecule has 0 aliphatic carbocycles. The number of carbonyl (C=O) groups is 1. The number of halogens is 5. The number of esters is 1. The smallest absolute Gasteiger partial charge is 0.434 e. The Labute approximate surface area is 201 Å². The highest BCUT2D eigenvalue weighted by Crippen LogP contribution is 2.37. The van der Waals surface area contributed by atoms with Gasteiger partial charge in [-0.15, -0.1) is 11.3 Å². The molecule has 1 fully saturated rings. The van der Waals surface area contributed by atoms with Crippen molar-refractivity contribution in [3.63, 3.8) is 0 Å². The first kappa shape index (κ1) is 24.6. The van der Waals surface area contributed by atoms with Crippen LogP contribution in [0.25, 0.3) is 0 Å². The van der Waals surface area contributed by atoms with E-state index in [1.54, 1.807) is 0 Å². The number of ether oxygens (including phenoxy) is 2. The molecule has 13 heteroatoms. The number of morpholine rings is 1. The molecule has 3 heterocycles. The molecule has 1 atom stereocenters. The molecule has 0 unspecified atom stereocenters. The molecule has 4 rings (SSSR count). The Hall–Kier alpha value is -2.54. The number of carbonyl (C=O) groups excluding carboxylic acids is 1. The molecule has 182 valence electrons. The zero-order chi connectivity index (χ0) is 24.5. The number of hydrogen-bond acceptors (Lipinski definition) is 8. The van der Waals surface area contributed by atoms with Gasteiger partial charge in [0.05, 0.1) is 25.9 Å². The van der Waals surface area contributed by atoms with Gasteiger partial charge < -0.3 is 14.8 Å². The molecule has 2 aliphatic heterocycles. The van der Waals surface area contributed by atoms with Crippen molar-refractivity contribution in [1.29, 1.82) is 0 Å². The van der Waals surface area contributed by atoms with Crippen LogP contribution in [0.15, 0.2) is 39.8 Å². The fourth-order valence-electron chi connectivity index (χ4n) is 3.62. The summed E-state index contributed by atoms with van der Waals surface area (Å²) in [5.74, 6) is -1.24. The first-order valence-electron chi connectivity index (χ1n) is 10.1. The summed E-state index contributed by atoms with van der Waals surface area (Å²) >= 11 is 7.04. The highest BCUT2D eigenvalue weighted by atomic mass is 35.5. The quantitative estimate of drug-likeness (QED) is 0.479. The van der Waals surface area contributed by atoms with E-state index >= 15 is 0 Å². The molecule has 0 amide bonds.